The molecule has 5 aliphatic rings. The molecule has 5 aliphatic heterocycles. The number of nitrogens with one attached hydrogen (secondary N) is 8. The Morgan fingerprint density at radius 1 is 0.500 bits per heavy atom. The first-order valence-electron chi connectivity index (χ1n) is 39.7. The predicted molar refractivity (Wildman–Crippen MR) is 469 cm³/mol. The highest BCUT2D eigenvalue weighted by Gasteiger charge is 2.39. The van der Waals surface area contributed by atoms with E-state index in [0.29, 0.717) is 134 Å². The van der Waals surface area contributed by atoms with Crippen LogP contribution in [0.4, 0.5) is 83.3 Å². The number of primary amides is 1. The van der Waals surface area contributed by atoms with Crippen molar-refractivity contribution < 1.29 is 63.1 Å². The average Bonchev–Trinajstić information content (AvgIpc) is 1.62. The molecule has 6 aromatic carbocycles. The van der Waals surface area contributed by atoms with E-state index in [9.17, 15) is 53.6 Å². The molecule has 0 radical (unpaired) electrons. The van der Waals surface area contributed by atoms with Crippen molar-refractivity contribution in [2.75, 3.05) is 64.6 Å². The average molecular weight is 1790 g/mol. The minimum absolute atomic E-state index is 0.00741. The molecule has 9 aromatic rings. The number of sulfone groups is 3. The minimum Gasteiger partial charge on any atom is -0.489 e. The van der Waals surface area contributed by atoms with Crippen molar-refractivity contribution in [1.82, 2.24) is 55.2 Å². The number of anilines is 12. The van der Waals surface area contributed by atoms with Crippen molar-refractivity contribution in [2.24, 2.45) is 5.73 Å². The summed E-state index contributed by atoms with van der Waals surface area (Å²) in [6.45, 7) is 23.2. The number of fused-ring (bicyclic) bond motifs is 3. The number of amides is 7. The molecular formula is C84H96Cl3FN18O13S3. The van der Waals surface area contributed by atoms with Crippen LogP contribution in [-0.4, -0.2) is 172 Å². The normalized spacial score (nSPS) is 14.8. The summed E-state index contributed by atoms with van der Waals surface area (Å²) in [6, 6.07) is 32.2. The third kappa shape index (κ3) is 20.4. The first-order valence-corrected chi connectivity index (χ1v) is 45.5. The SMILES string of the molecule is CC(C)Oc1cc2c(cc1Nc1ncc(Cl)c(Nc3ccccc3S(=O)(=O)C(C)C)n1)C(=O)N(C1CCN(C(N)=O)CC1)C2.CC(C)S(=O)(=O)c1ccccc1Nc1nc(Nc2cc3c(cc2F)CNC3=O)ccc1Cl.CCNC(=O)N1CCC(N2Cc3cc(OC(C)C)c(Nc4ncc(Cl)c(Nc5ccccc5S(=O)(=O)C(C)C)n4)cc3C2=O)CC1. The molecular weight excluding hydrogens is 1690 g/mol. The summed E-state index contributed by atoms with van der Waals surface area (Å²) in [5.41, 5.74) is 11.3. The monoisotopic (exact) mass is 1780 g/mol. The summed E-state index contributed by atoms with van der Waals surface area (Å²) in [7, 11) is -10.7. The molecule has 0 atom stereocenters. The Bertz CT molecular complexity index is 5860. The number of nitrogens with two attached hydrogens (primary N) is 1. The number of rotatable bonds is 25. The number of carbonyl (C=O) groups excluding carboxylic acids is 5. The topological polar surface area (TPSA) is 406 Å². The lowest BCUT2D eigenvalue weighted by Gasteiger charge is -2.36. The summed E-state index contributed by atoms with van der Waals surface area (Å²) < 4.78 is 104. The maximum atomic E-state index is 14.5. The van der Waals surface area contributed by atoms with E-state index < -0.39 is 57.1 Å². The predicted octanol–water partition coefficient (Wildman–Crippen LogP) is 15.6. The summed E-state index contributed by atoms with van der Waals surface area (Å²) in [5.74, 6) is 1.30. The Morgan fingerprint density at radius 2 is 0.902 bits per heavy atom. The molecule has 10 N–H and O–H groups in total. The zero-order chi connectivity index (χ0) is 88.0. The van der Waals surface area contributed by atoms with E-state index in [1.807, 2.05) is 56.6 Å². The van der Waals surface area contributed by atoms with Crippen LogP contribution >= 0.6 is 34.8 Å². The van der Waals surface area contributed by atoms with Crippen LogP contribution in [-0.2, 0) is 49.1 Å². The van der Waals surface area contributed by atoms with E-state index in [0.717, 1.165) is 11.1 Å². The number of halogens is 4. The smallest absolute Gasteiger partial charge is 0.317 e. The molecule has 2 saturated heterocycles. The second kappa shape index (κ2) is 38.0. The summed E-state index contributed by atoms with van der Waals surface area (Å²) in [4.78, 5) is 92.5. The van der Waals surface area contributed by atoms with Crippen molar-refractivity contribution >= 4 is 163 Å². The van der Waals surface area contributed by atoms with Gasteiger partial charge in [0.2, 0.25) is 11.9 Å². The number of benzene rings is 6. The number of hydrogen-bond donors (Lipinski definition) is 9. The lowest BCUT2D eigenvalue weighted by Crippen LogP contribution is -2.49. The molecule has 122 heavy (non-hydrogen) atoms. The fourth-order valence-corrected chi connectivity index (χ4v) is 18.2. The van der Waals surface area contributed by atoms with Crippen LogP contribution in [0.15, 0.2) is 148 Å². The van der Waals surface area contributed by atoms with Gasteiger partial charge >= 0.3 is 12.1 Å². The van der Waals surface area contributed by atoms with E-state index in [-0.39, 0.29) is 125 Å². The van der Waals surface area contributed by atoms with Gasteiger partial charge < -0.3 is 77.3 Å². The van der Waals surface area contributed by atoms with Crippen LogP contribution < -0.4 is 57.7 Å². The number of likely N-dealkylation sites (tertiary alicyclic amines) is 2. The number of aromatic nitrogens is 5. The highest BCUT2D eigenvalue weighted by molar-refractivity contribution is 7.92. The minimum atomic E-state index is -3.59. The van der Waals surface area contributed by atoms with Gasteiger partial charge in [-0.25, -0.2) is 54.2 Å². The zero-order valence-electron chi connectivity index (χ0n) is 68.9. The van der Waals surface area contributed by atoms with E-state index in [1.54, 1.807) is 136 Å². The van der Waals surface area contributed by atoms with Crippen LogP contribution in [0, 0.1) is 5.82 Å². The third-order valence-corrected chi connectivity index (χ3v) is 28.2. The van der Waals surface area contributed by atoms with Crippen LogP contribution in [0.25, 0.3) is 0 Å². The fraction of sp³-hybridized carbons (Fsp3) is 0.357. The van der Waals surface area contributed by atoms with Crippen LogP contribution in [0.2, 0.25) is 15.1 Å². The number of pyridine rings is 1. The number of ether oxygens (including phenoxy) is 2. The van der Waals surface area contributed by atoms with Crippen LogP contribution in [0.1, 0.15) is 150 Å². The Balaban J connectivity index is 0.000000170. The van der Waals surface area contributed by atoms with E-state index in [2.05, 4.69) is 67.5 Å². The standard InChI is InChI=1S/C32H40ClN7O5S.C30H36ClN7O5S.C22H20ClFN4O3S/c1-6-34-32(42)39-13-11-22(12-14-39)40-18-21-15-27(45-19(2)3)26(16-23(21)30(40)41)37-31-35-17-24(33)29(38-31)36-25-9-7-8-10-28(25)46(43,44)20(4)5;1-17(2)43-25-13-19-16-38(20-9-11-37(12-10-20)29(32)40)28(39)21(19)14-24(25)35-30-33-15-22(31)27(36-30)34-23-7-5-6-8-26(23)44(41,42)18(3)4;1-12(2)32(30,31)19-6-4-3-5-17(19)27-21-15(23)7-8-20(28-21)26-18-10-14-13(9-16(18)24)11-25-22(14)29/h7-10,15-17,19-20,22H,6,11-14,18H2,1-5H3,(H,34,42)(H2,35,36,37,38);5-8,13-15,17-18,20H,9-12,16H2,1-4H3,(H2,32,40)(H2,33,34,35,36);3-10,12H,11H2,1-2H3,(H,25,29)(H2,26,27,28). The highest BCUT2D eigenvalue weighted by Crippen LogP contribution is 2.42. The zero-order valence-corrected chi connectivity index (χ0v) is 73.6. The molecule has 0 unspecified atom stereocenters. The number of para-hydroxylation sites is 3. The second-order valence-electron chi connectivity index (χ2n) is 30.8. The molecule has 38 heteroatoms. The maximum Gasteiger partial charge on any atom is 0.317 e. The van der Waals surface area contributed by atoms with Crippen molar-refractivity contribution in [1.29, 1.82) is 0 Å². The van der Waals surface area contributed by atoms with Gasteiger partial charge in [0.15, 0.2) is 47.0 Å². The van der Waals surface area contributed by atoms with Gasteiger partial charge in [-0.1, -0.05) is 71.2 Å². The van der Waals surface area contributed by atoms with Gasteiger partial charge in [-0.2, -0.15) is 9.97 Å². The molecule has 8 heterocycles. The molecule has 3 aromatic heterocycles. The Hall–Kier alpha value is -11.4. The quantitative estimate of drug-likeness (QED) is 0.0257. The molecule has 14 rings (SSSR count). The van der Waals surface area contributed by atoms with E-state index >= 15 is 0 Å². The maximum absolute atomic E-state index is 14.5. The van der Waals surface area contributed by atoms with Gasteiger partial charge in [-0.15, -0.1) is 0 Å². The lowest BCUT2D eigenvalue weighted by molar-refractivity contribution is 0.0614. The second-order valence-corrected chi connectivity index (χ2v) is 39.5. The van der Waals surface area contributed by atoms with Gasteiger partial charge in [-0.3, -0.25) is 14.4 Å². The fourth-order valence-electron chi connectivity index (χ4n) is 14.2. The summed E-state index contributed by atoms with van der Waals surface area (Å²) >= 11 is 19.1. The molecule has 646 valence electrons. The molecule has 7 amide bonds. The first-order chi connectivity index (χ1) is 57.9. The van der Waals surface area contributed by atoms with E-state index in [1.165, 1.54) is 36.7 Å². The largest absolute Gasteiger partial charge is 0.489 e. The summed E-state index contributed by atoms with van der Waals surface area (Å²) in [5, 5.41) is 22.6. The Kier molecular flexibility index (Phi) is 28.0. The van der Waals surface area contributed by atoms with Crippen LogP contribution in [0.3, 0.4) is 0 Å². The number of piperidine rings is 2. The first kappa shape index (κ1) is 89.9. The van der Waals surface area contributed by atoms with Crippen molar-refractivity contribution in [3.8, 4) is 11.5 Å². The van der Waals surface area contributed by atoms with Crippen molar-refractivity contribution in [3.05, 3.63) is 188 Å². The Morgan fingerprint density at radius 3 is 1.30 bits per heavy atom. The van der Waals surface area contributed by atoms with Crippen molar-refractivity contribution in [3.63, 3.8) is 0 Å². The molecule has 0 bridgehead atoms. The lowest BCUT2D eigenvalue weighted by atomic mass is 10.0. The molecule has 0 aliphatic carbocycles. The van der Waals surface area contributed by atoms with Crippen molar-refractivity contribution in [2.45, 2.75) is 176 Å². The molecule has 0 saturated carbocycles. The Labute approximate surface area is 723 Å². The van der Waals surface area contributed by atoms with E-state index in [4.69, 9.17) is 50.0 Å². The van der Waals surface area contributed by atoms with Gasteiger partial charge in [-0.05, 0) is 203 Å². The number of hydrogen-bond acceptors (Lipinski definition) is 24. The third-order valence-electron chi connectivity index (χ3n) is 20.7. The van der Waals surface area contributed by atoms with Gasteiger partial charge in [0, 0.05) is 81.1 Å². The van der Waals surface area contributed by atoms with Gasteiger partial charge in [0.25, 0.3) is 17.7 Å². The molecule has 31 nitrogen and oxygen atoms in total. The molecule has 0 spiro atoms. The number of urea groups is 2. The number of carbonyl (C=O) groups is 5. The van der Waals surface area contributed by atoms with Gasteiger partial charge in [0.05, 0.1) is 94.2 Å². The number of nitrogens with zero attached hydrogens (tertiary/aromatic N) is 9. The highest BCUT2D eigenvalue weighted by atomic mass is 35.5. The summed E-state index contributed by atoms with van der Waals surface area (Å²) in [6.07, 6.45) is 5.23. The molecule has 2 fully saturated rings. The van der Waals surface area contributed by atoms with Gasteiger partial charge in [0.1, 0.15) is 33.2 Å². The van der Waals surface area contributed by atoms with Crippen LogP contribution in [0.5, 0.6) is 11.5 Å².